The monoisotopic (exact) mass is 500 g/mol. The summed E-state index contributed by atoms with van der Waals surface area (Å²) in [5, 5.41) is 2.86. The number of nitrogens with two attached hydrogens (primary N) is 1. The maximum atomic E-state index is 13.9. The predicted octanol–water partition coefficient (Wildman–Crippen LogP) is 4.23. The van der Waals surface area contributed by atoms with Gasteiger partial charge in [0, 0.05) is 18.2 Å². The van der Waals surface area contributed by atoms with Gasteiger partial charge in [0.05, 0.1) is 22.7 Å². The van der Waals surface area contributed by atoms with Crippen molar-refractivity contribution in [2.24, 2.45) is 28.0 Å². The fraction of sp³-hybridized carbons (Fsp3) is 0.333. The van der Waals surface area contributed by atoms with E-state index in [2.05, 4.69) is 18.5 Å². The van der Waals surface area contributed by atoms with Gasteiger partial charge in [-0.05, 0) is 31.2 Å². The summed E-state index contributed by atoms with van der Waals surface area (Å²) in [5.41, 5.74) is 7.58. The molecule has 0 fully saturated rings. The number of rotatable bonds is 11. The molecule has 194 valence electrons. The average molecular weight is 501 g/mol. The molecule has 37 heavy (non-hydrogen) atoms. The first-order valence-electron chi connectivity index (χ1n) is 12.5. The predicted molar refractivity (Wildman–Crippen MR) is 148 cm³/mol. The van der Waals surface area contributed by atoms with Crippen LogP contribution in [0.4, 0.5) is 5.69 Å². The van der Waals surface area contributed by atoms with Gasteiger partial charge in [-0.25, -0.2) is 4.99 Å². The second kappa shape index (κ2) is 11.8. The number of likely N-dealkylation sites (N-methyl/N-ethyl adjacent to an activating group) is 1. The Morgan fingerprint density at radius 3 is 2.24 bits per heavy atom. The number of nitrogens with zero attached hydrogens (tertiary/aromatic N) is 2. The highest BCUT2D eigenvalue weighted by molar-refractivity contribution is 6.20. The Hall–Kier alpha value is -4.00. The lowest BCUT2D eigenvalue weighted by Gasteiger charge is -2.37. The number of primary amides is 1. The number of nitrogens with one attached hydrogen (secondary N) is 1. The number of carbonyl (C=O) groups is 3. The van der Waals surface area contributed by atoms with E-state index >= 15 is 0 Å². The molecule has 3 N–H and O–H groups in total. The van der Waals surface area contributed by atoms with Gasteiger partial charge in [0.25, 0.3) is 5.91 Å². The first kappa shape index (κ1) is 27.6. The molecule has 2 aromatic carbocycles. The van der Waals surface area contributed by atoms with Gasteiger partial charge in [-0.15, -0.1) is 13.2 Å². The Morgan fingerprint density at radius 1 is 1.08 bits per heavy atom. The van der Waals surface area contributed by atoms with Crippen LogP contribution in [0.1, 0.15) is 44.2 Å². The third-order valence-electron chi connectivity index (χ3n) is 6.87. The third-order valence-corrected chi connectivity index (χ3v) is 6.87. The van der Waals surface area contributed by atoms with Crippen molar-refractivity contribution in [3.8, 4) is 0 Å². The van der Waals surface area contributed by atoms with E-state index < -0.39 is 29.3 Å². The minimum Gasteiger partial charge on any atom is -0.369 e. The van der Waals surface area contributed by atoms with Crippen molar-refractivity contribution in [2.45, 2.75) is 39.3 Å². The van der Waals surface area contributed by atoms with Crippen LogP contribution in [-0.4, -0.2) is 36.6 Å². The van der Waals surface area contributed by atoms with Crippen molar-refractivity contribution in [2.75, 3.05) is 11.9 Å². The van der Waals surface area contributed by atoms with Crippen LogP contribution in [0.2, 0.25) is 0 Å². The SMILES string of the molecule is C=CCC(CC=C)(C(N)=O)C(CC(C)C)C(=O)NC1N=C(c2ccccc2)c2ccccc2N(C)C1=O. The summed E-state index contributed by atoms with van der Waals surface area (Å²) < 4.78 is 0. The molecule has 3 amide bonds. The molecule has 0 saturated carbocycles. The maximum absolute atomic E-state index is 13.9. The van der Waals surface area contributed by atoms with Crippen LogP contribution in [0.25, 0.3) is 0 Å². The molecule has 0 bridgehead atoms. The number of anilines is 1. The molecule has 2 aromatic rings. The second-order valence-electron chi connectivity index (χ2n) is 9.86. The molecule has 0 radical (unpaired) electrons. The van der Waals surface area contributed by atoms with Gasteiger partial charge < -0.3 is 16.0 Å². The number of carbonyl (C=O) groups excluding carboxylic acids is 3. The average Bonchev–Trinajstić information content (AvgIpc) is 2.98. The zero-order chi connectivity index (χ0) is 27.2. The highest BCUT2D eigenvalue weighted by atomic mass is 16.2. The lowest BCUT2D eigenvalue weighted by Crippen LogP contribution is -2.54. The van der Waals surface area contributed by atoms with Crippen LogP contribution in [0.15, 0.2) is 84.9 Å². The van der Waals surface area contributed by atoms with Gasteiger partial charge in [-0.2, -0.15) is 0 Å². The fourth-order valence-electron chi connectivity index (χ4n) is 4.99. The molecule has 1 aliphatic rings. The molecule has 1 aliphatic heterocycles. The molecule has 2 unspecified atom stereocenters. The molecule has 0 spiro atoms. The van der Waals surface area contributed by atoms with Crippen molar-refractivity contribution >= 4 is 29.1 Å². The molecule has 3 rings (SSSR count). The van der Waals surface area contributed by atoms with Crippen molar-refractivity contribution in [1.82, 2.24) is 5.32 Å². The number of para-hydroxylation sites is 1. The van der Waals surface area contributed by atoms with E-state index in [4.69, 9.17) is 10.7 Å². The summed E-state index contributed by atoms with van der Waals surface area (Å²) in [6.07, 6.45) is 2.82. The van der Waals surface area contributed by atoms with Gasteiger partial charge in [-0.3, -0.25) is 14.4 Å². The van der Waals surface area contributed by atoms with E-state index in [-0.39, 0.29) is 24.7 Å². The molecule has 2 atom stereocenters. The van der Waals surface area contributed by atoms with E-state index in [9.17, 15) is 14.4 Å². The van der Waals surface area contributed by atoms with Crippen LogP contribution < -0.4 is 16.0 Å². The van der Waals surface area contributed by atoms with Gasteiger partial charge in [0.1, 0.15) is 0 Å². The number of allylic oxidation sites excluding steroid dienone is 2. The number of fused-ring (bicyclic) bond motifs is 1. The van der Waals surface area contributed by atoms with Crippen LogP contribution in [-0.2, 0) is 14.4 Å². The van der Waals surface area contributed by atoms with E-state index in [0.29, 0.717) is 17.8 Å². The summed E-state index contributed by atoms with van der Waals surface area (Å²) >= 11 is 0. The van der Waals surface area contributed by atoms with E-state index in [1.807, 2.05) is 68.4 Å². The maximum Gasteiger partial charge on any atom is 0.272 e. The molecule has 0 aliphatic carbocycles. The van der Waals surface area contributed by atoms with E-state index in [0.717, 1.165) is 11.1 Å². The number of amides is 3. The Morgan fingerprint density at radius 2 is 1.68 bits per heavy atom. The summed E-state index contributed by atoms with van der Waals surface area (Å²) in [4.78, 5) is 46.6. The Kier molecular flexibility index (Phi) is 8.81. The molecule has 0 saturated heterocycles. The molecular formula is C30H36N4O3. The standard InChI is InChI=1S/C30H36N4O3/c1-6-17-30(18-7-2,29(31)37)23(19-20(3)4)27(35)33-26-28(36)34(5)24-16-12-11-15-22(24)25(32-26)21-13-9-8-10-14-21/h6-16,20,23,26H,1-2,17-19H2,3-5H3,(H2,31,37)(H,33,35). The number of hydrogen-bond acceptors (Lipinski definition) is 4. The number of aliphatic imine (C=N–C) groups is 1. The van der Waals surface area contributed by atoms with Crippen LogP contribution >= 0.6 is 0 Å². The number of benzodiazepines with no additional fused rings is 1. The first-order chi connectivity index (χ1) is 17.7. The normalized spacial score (nSPS) is 16.3. The lowest BCUT2D eigenvalue weighted by atomic mass is 9.66. The fourth-order valence-corrected chi connectivity index (χ4v) is 4.99. The first-order valence-corrected chi connectivity index (χ1v) is 12.5. The van der Waals surface area contributed by atoms with Crippen molar-refractivity contribution in [3.05, 3.63) is 91.0 Å². The lowest BCUT2D eigenvalue weighted by molar-refractivity contribution is -0.142. The quantitative estimate of drug-likeness (QED) is 0.451. The minimum absolute atomic E-state index is 0.0873. The van der Waals surface area contributed by atoms with Crippen LogP contribution in [0.5, 0.6) is 0 Å². The zero-order valence-corrected chi connectivity index (χ0v) is 21.8. The topological polar surface area (TPSA) is 105 Å². The molecule has 1 heterocycles. The summed E-state index contributed by atoms with van der Waals surface area (Å²) in [6.45, 7) is 11.5. The van der Waals surface area contributed by atoms with Crippen LogP contribution in [0, 0.1) is 17.3 Å². The summed E-state index contributed by atoms with van der Waals surface area (Å²) in [7, 11) is 1.67. The van der Waals surface area contributed by atoms with Crippen molar-refractivity contribution in [3.63, 3.8) is 0 Å². The zero-order valence-electron chi connectivity index (χ0n) is 21.8. The molecular weight excluding hydrogens is 464 g/mol. The number of benzene rings is 2. The van der Waals surface area contributed by atoms with Gasteiger partial charge >= 0.3 is 0 Å². The van der Waals surface area contributed by atoms with Gasteiger partial charge in [-0.1, -0.05) is 74.5 Å². The van der Waals surface area contributed by atoms with Crippen molar-refractivity contribution in [1.29, 1.82) is 0 Å². The Balaban J connectivity index is 2.10. The van der Waals surface area contributed by atoms with Crippen LogP contribution in [0.3, 0.4) is 0 Å². The molecule has 0 aromatic heterocycles. The Labute approximate surface area is 219 Å². The van der Waals surface area contributed by atoms with Gasteiger partial charge in [0.2, 0.25) is 18.0 Å². The Bertz CT molecular complexity index is 1190. The summed E-state index contributed by atoms with van der Waals surface area (Å²) in [6, 6.07) is 17.0. The highest BCUT2D eigenvalue weighted by Crippen LogP contribution is 2.40. The molecule has 7 nitrogen and oxygen atoms in total. The smallest absolute Gasteiger partial charge is 0.272 e. The molecule has 7 heteroatoms. The van der Waals surface area contributed by atoms with E-state index in [1.54, 1.807) is 19.2 Å². The van der Waals surface area contributed by atoms with Crippen molar-refractivity contribution < 1.29 is 14.4 Å². The third kappa shape index (κ3) is 5.71. The number of hydrogen-bond donors (Lipinski definition) is 2. The minimum atomic E-state index is -1.22. The summed E-state index contributed by atoms with van der Waals surface area (Å²) in [5.74, 6) is -2.15. The van der Waals surface area contributed by atoms with Gasteiger partial charge in [0.15, 0.2) is 0 Å². The highest BCUT2D eigenvalue weighted by Gasteiger charge is 2.47. The second-order valence-corrected chi connectivity index (χ2v) is 9.86. The van der Waals surface area contributed by atoms with E-state index in [1.165, 1.54) is 4.90 Å². The largest absolute Gasteiger partial charge is 0.369 e.